The van der Waals surface area contributed by atoms with Gasteiger partial charge in [-0.05, 0) is 13.0 Å². The smallest absolute Gasteiger partial charge is 0.332 e. The molecule has 1 rings (SSSR count). The van der Waals surface area contributed by atoms with Crippen molar-refractivity contribution in [1.29, 1.82) is 0 Å². The molecule has 0 saturated heterocycles. The van der Waals surface area contributed by atoms with Crippen molar-refractivity contribution in [2.45, 2.75) is 13.3 Å². The molecule has 0 aromatic heterocycles. The zero-order valence-corrected chi connectivity index (χ0v) is 9.34. The summed E-state index contributed by atoms with van der Waals surface area (Å²) in [5.74, 6) is -3.49. The average molecular weight is 279 g/mol. The summed E-state index contributed by atoms with van der Waals surface area (Å²) in [6.45, 7) is 1.16. The Bertz CT molecular complexity index is 399. The van der Waals surface area contributed by atoms with Gasteiger partial charge in [0, 0.05) is 10.9 Å². The first kappa shape index (κ1) is 11.9. The Hall–Kier alpha value is -1.17. The maximum atomic E-state index is 13.4. The molecule has 1 aliphatic carbocycles. The van der Waals surface area contributed by atoms with Crippen LogP contribution in [0.5, 0.6) is 0 Å². The minimum Gasteiger partial charge on any atom is -0.481 e. The van der Waals surface area contributed by atoms with Gasteiger partial charge >= 0.3 is 11.9 Å². The molecule has 1 aliphatic rings. The van der Waals surface area contributed by atoms with Crippen LogP contribution in [-0.2, 0) is 9.59 Å². The first-order valence-electron chi connectivity index (χ1n) is 4.02. The van der Waals surface area contributed by atoms with Gasteiger partial charge in [0.25, 0.3) is 0 Å². The Morgan fingerprint density at radius 3 is 2.47 bits per heavy atom. The Morgan fingerprint density at radius 1 is 1.53 bits per heavy atom. The standard InChI is InChI=1S/C9H8BrFO4/c1-9(8(14)15)3-4(7(12)13)5(10)2-6(9)11/h2H,3H2,1H3,(H,12,13)(H,14,15). The third-order valence-corrected chi connectivity index (χ3v) is 3.04. The summed E-state index contributed by atoms with van der Waals surface area (Å²) in [6, 6.07) is 0. The molecule has 0 aliphatic heterocycles. The van der Waals surface area contributed by atoms with E-state index in [1.807, 2.05) is 0 Å². The van der Waals surface area contributed by atoms with E-state index in [4.69, 9.17) is 10.2 Å². The molecule has 0 aromatic rings. The van der Waals surface area contributed by atoms with Gasteiger partial charge in [0.2, 0.25) is 0 Å². The molecule has 0 fully saturated rings. The van der Waals surface area contributed by atoms with Crippen LogP contribution in [0.2, 0.25) is 0 Å². The van der Waals surface area contributed by atoms with E-state index in [0.29, 0.717) is 0 Å². The lowest BCUT2D eigenvalue weighted by atomic mass is 9.79. The van der Waals surface area contributed by atoms with Gasteiger partial charge < -0.3 is 10.2 Å². The first-order chi connectivity index (χ1) is 6.79. The topological polar surface area (TPSA) is 74.6 Å². The van der Waals surface area contributed by atoms with Gasteiger partial charge in [-0.2, -0.15) is 0 Å². The fourth-order valence-electron chi connectivity index (χ4n) is 1.24. The second-order valence-corrected chi connectivity index (χ2v) is 4.29. The van der Waals surface area contributed by atoms with Crippen molar-refractivity contribution in [3.8, 4) is 0 Å². The summed E-state index contributed by atoms with van der Waals surface area (Å²) in [6.07, 6.45) is 0.516. The van der Waals surface area contributed by atoms with Crippen LogP contribution in [-0.4, -0.2) is 22.2 Å². The third-order valence-electron chi connectivity index (χ3n) is 2.33. The van der Waals surface area contributed by atoms with E-state index < -0.39 is 23.2 Å². The van der Waals surface area contributed by atoms with Gasteiger partial charge in [-0.1, -0.05) is 15.9 Å². The first-order valence-corrected chi connectivity index (χ1v) is 4.81. The highest BCUT2D eigenvalue weighted by atomic mass is 79.9. The molecule has 2 N–H and O–H groups in total. The van der Waals surface area contributed by atoms with Gasteiger partial charge in [-0.25, -0.2) is 9.18 Å². The summed E-state index contributed by atoms with van der Waals surface area (Å²) in [5, 5.41) is 17.6. The van der Waals surface area contributed by atoms with Crippen molar-refractivity contribution in [2.24, 2.45) is 5.41 Å². The van der Waals surface area contributed by atoms with Crippen LogP contribution in [0, 0.1) is 5.41 Å². The number of hydrogen-bond donors (Lipinski definition) is 2. The molecule has 82 valence electrons. The summed E-state index contributed by atoms with van der Waals surface area (Å²) < 4.78 is 13.5. The Balaban J connectivity index is 3.23. The van der Waals surface area contributed by atoms with Crippen molar-refractivity contribution in [3.05, 3.63) is 22.0 Å². The molecule has 0 aromatic carbocycles. The molecule has 0 heterocycles. The summed E-state index contributed by atoms with van der Waals surface area (Å²) in [7, 11) is 0. The molecule has 6 heteroatoms. The summed E-state index contributed by atoms with van der Waals surface area (Å²) in [5.41, 5.74) is -1.92. The molecule has 0 radical (unpaired) electrons. The van der Waals surface area contributed by atoms with Crippen LogP contribution in [0.4, 0.5) is 4.39 Å². The maximum Gasteiger partial charge on any atom is 0.332 e. The third kappa shape index (κ3) is 1.94. The Kier molecular flexibility index (Phi) is 2.99. The van der Waals surface area contributed by atoms with Crippen molar-refractivity contribution in [2.75, 3.05) is 0 Å². The molecule has 1 unspecified atom stereocenters. The minimum absolute atomic E-state index is 0.0752. The summed E-state index contributed by atoms with van der Waals surface area (Å²) in [4.78, 5) is 21.6. The SMILES string of the molecule is CC1(C(=O)O)CC(C(=O)O)=C(Br)C=C1F. The normalized spacial score (nSPS) is 26.2. The predicted octanol–water partition coefficient (Wildman–Crippen LogP) is 2.07. The second-order valence-electron chi connectivity index (χ2n) is 3.44. The van der Waals surface area contributed by atoms with E-state index in [9.17, 15) is 14.0 Å². The van der Waals surface area contributed by atoms with Gasteiger partial charge in [-0.3, -0.25) is 4.79 Å². The Labute approximate surface area is 93.2 Å². The number of allylic oxidation sites excluding steroid dienone is 2. The fourth-order valence-corrected chi connectivity index (χ4v) is 1.75. The molecular weight excluding hydrogens is 271 g/mol. The number of halogens is 2. The molecule has 4 nitrogen and oxygen atoms in total. The predicted molar refractivity (Wildman–Crippen MR) is 53.1 cm³/mol. The van der Waals surface area contributed by atoms with Crippen LogP contribution in [0.15, 0.2) is 22.0 Å². The van der Waals surface area contributed by atoms with E-state index in [1.165, 1.54) is 0 Å². The zero-order chi connectivity index (χ0) is 11.8. The molecule has 15 heavy (non-hydrogen) atoms. The molecule has 0 saturated carbocycles. The van der Waals surface area contributed by atoms with Gasteiger partial charge in [0.05, 0.1) is 5.57 Å². The van der Waals surface area contributed by atoms with Crippen LogP contribution in [0.3, 0.4) is 0 Å². The molecule has 0 amide bonds. The number of rotatable bonds is 2. The van der Waals surface area contributed by atoms with E-state index in [2.05, 4.69) is 15.9 Å². The molecular formula is C9H8BrFO4. The lowest BCUT2D eigenvalue weighted by molar-refractivity contribution is -0.146. The van der Waals surface area contributed by atoms with Crippen molar-refractivity contribution in [3.63, 3.8) is 0 Å². The van der Waals surface area contributed by atoms with Gasteiger partial charge in [0.15, 0.2) is 0 Å². The van der Waals surface area contributed by atoms with E-state index in [1.54, 1.807) is 0 Å². The Morgan fingerprint density at radius 2 is 2.07 bits per heavy atom. The van der Waals surface area contributed by atoms with E-state index >= 15 is 0 Å². The fraction of sp³-hybridized carbons (Fsp3) is 0.333. The highest BCUT2D eigenvalue weighted by Crippen LogP contribution is 2.42. The van der Waals surface area contributed by atoms with Crippen molar-refractivity contribution < 1.29 is 24.2 Å². The van der Waals surface area contributed by atoms with Crippen molar-refractivity contribution in [1.82, 2.24) is 0 Å². The minimum atomic E-state index is -1.79. The highest BCUT2D eigenvalue weighted by Gasteiger charge is 2.43. The van der Waals surface area contributed by atoms with E-state index in [0.717, 1.165) is 13.0 Å². The maximum absolute atomic E-state index is 13.4. The monoisotopic (exact) mass is 278 g/mol. The number of carboxylic acids is 2. The average Bonchev–Trinajstić information content (AvgIpc) is 2.10. The second kappa shape index (κ2) is 3.77. The largest absolute Gasteiger partial charge is 0.481 e. The lowest BCUT2D eigenvalue weighted by Gasteiger charge is -2.26. The molecule has 1 atom stereocenters. The van der Waals surface area contributed by atoms with Crippen LogP contribution in [0.1, 0.15) is 13.3 Å². The zero-order valence-electron chi connectivity index (χ0n) is 7.75. The van der Waals surface area contributed by atoms with Gasteiger partial charge in [-0.15, -0.1) is 0 Å². The number of hydrogen-bond acceptors (Lipinski definition) is 2. The number of aliphatic carboxylic acids is 2. The quantitative estimate of drug-likeness (QED) is 0.811. The van der Waals surface area contributed by atoms with Gasteiger partial charge in [0.1, 0.15) is 11.2 Å². The molecule has 0 bridgehead atoms. The highest BCUT2D eigenvalue weighted by molar-refractivity contribution is 9.12. The molecule has 0 spiro atoms. The van der Waals surface area contributed by atoms with E-state index in [-0.39, 0.29) is 16.5 Å². The summed E-state index contributed by atoms with van der Waals surface area (Å²) >= 11 is 2.89. The van der Waals surface area contributed by atoms with Crippen LogP contribution in [0.25, 0.3) is 0 Å². The van der Waals surface area contributed by atoms with Crippen LogP contribution >= 0.6 is 15.9 Å². The lowest BCUT2D eigenvalue weighted by Crippen LogP contribution is -2.32. The van der Waals surface area contributed by atoms with Crippen molar-refractivity contribution >= 4 is 27.9 Å². The van der Waals surface area contributed by atoms with Crippen LogP contribution < -0.4 is 0 Å². The number of carboxylic acid groups (broad SMARTS) is 2. The number of carbonyl (C=O) groups is 2.